The van der Waals surface area contributed by atoms with Crippen LogP contribution in [0.4, 0.5) is 11.4 Å². The molecule has 0 fully saturated rings. The maximum atomic E-state index is 4.15. The van der Waals surface area contributed by atoms with Crippen molar-refractivity contribution in [2.75, 3.05) is 18.0 Å². The number of aromatic nitrogens is 1. The number of aryl methyl sites for hydroxylation is 2. The van der Waals surface area contributed by atoms with E-state index in [0.29, 0.717) is 0 Å². The summed E-state index contributed by atoms with van der Waals surface area (Å²) in [6.45, 7) is 1.97. The minimum atomic E-state index is 0.959. The van der Waals surface area contributed by atoms with Gasteiger partial charge >= 0.3 is 0 Å². The van der Waals surface area contributed by atoms with Gasteiger partial charge in [-0.3, -0.25) is 9.71 Å². The number of para-hydroxylation sites is 2. The van der Waals surface area contributed by atoms with Crippen molar-refractivity contribution in [3.63, 3.8) is 0 Å². The van der Waals surface area contributed by atoms with Gasteiger partial charge < -0.3 is 4.90 Å². The molecule has 132 valence electrons. The lowest BCUT2D eigenvalue weighted by molar-refractivity contribution is 0.787. The molecule has 1 N–H and O–H groups in total. The van der Waals surface area contributed by atoms with Gasteiger partial charge in [0.25, 0.3) is 0 Å². The molecule has 1 aliphatic rings. The first-order valence-electron chi connectivity index (χ1n) is 9.15. The fraction of sp³-hybridized carbons (Fsp3) is 0.227. The topological polar surface area (TPSA) is 28.2 Å². The highest BCUT2D eigenvalue weighted by atomic mass is 32.2. The molecule has 0 radical (unpaired) electrons. The molecule has 1 aromatic heterocycles. The lowest BCUT2D eigenvalue weighted by atomic mass is 10.0. The Labute approximate surface area is 159 Å². The van der Waals surface area contributed by atoms with Crippen LogP contribution in [0.3, 0.4) is 0 Å². The first-order valence-corrected chi connectivity index (χ1v) is 9.96. The Hall–Kier alpha value is -2.30. The van der Waals surface area contributed by atoms with Crippen molar-refractivity contribution in [2.24, 2.45) is 0 Å². The molecule has 1 aliphatic heterocycles. The quantitative estimate of drug-likeness (QED) is 0.494. The zero-order chi connectivity index (χ0) is 17.6. The van der Waals surface area contributed by atoms with Crippen molar-refractivity contribution in [3.8, 4) is 0 Å². The van der Waals surface area contributed by atoms with Crippen molar-refractivity contribution < 1.29 is 0 Å². The van der Waals surface area contributed by atoms with E-state index in [9.17, 15) is 0 Å². The van der Waals surface area contributed by atoms with Crippen molar-refractivity contribution in [3.05, 3.63) is 84.2 Å². The fourth-order valence-electron chi connectivity index (χ4n) is 3.46. The predicted molar refractivity (Wildman–Crippen MR) is 110 cm³/mol. The van der Waals surface area contributed by atoms with Gasteiger partial charge in [0, 0.05) is 41.8 Å². The average Bonchev–Trinajstić information content (AvgIpc) is 2.86. The molecule has 0 saturated carbocycles. The second-order valence-corrected chi connectivity index (χ2v) is 7.41. The smallest absolute Gasteiger partial charge is 0.0443 e. The highest BCUT2D eigenvalue weighted by Gasteiger charge is 2.19. The monoisotopic (exact) mass is 361 g/mol. The average molecular weight is 362 g/mol. The number of fused-ring (bicyclic) bond motifs is 2. The van der Waals surface area contributed by atoms with Crippen LogP contribution in [0, 0.1) is 0 Å². The maximum Gasteiger partial charge on any atom is 0.0443 e. The van der Waals surface area contributed by atoms with Gasteiger partial charge in [0.1, 0.15) is 0 Å². The van der Waals surface area contributed by atoms with Gasteiger partial charge in [0.05, 0.1) is 0 Å². The standard InChI is InChI=1S/C22H23N3S/c1-3-10-21-18(7-1)12-13-19-8-2-4-11-22(19)25(21)16-6-15-24-26-20-9-5-14-23-17-20/h1-5,7-11,14,17,24H,6,12-13,15-16H2. The van der Waals surface area contributed by atoms with Gasteiger partial charge in [0.15, 0.2) is 0 Å². The highest BCUT2D eigenvalue weighted by molar-refractivity contribution is 7.97. The number of rotatable bonds is 6. The Morgan fingerprint density at radius 3 is 2.23 bits per heavy atom. The molecule has 0 bridgehead atoms. The zero-order valence-electron chi connectivity index (χ0n) is 14.8. The van der Waals surface area contributed by atoms with E-state index in [-0.39, 0.29) is 0 Å². The molecule has 0 saturated heterocycles. The maximum absolute atomic E-state index is 4.15. The van der Waals surface area contributed by atoms with Gasteiger partial charge in [0.2, 0.25) is 0 Å². The van der Waals surface area contributed by atoms with E-state index < -0.39 is 0 Å². The summed E-state index contributed by atoms with van der Waals surface area (Å²) in [4.78, 5) is 7.79. The van der Waals surface area contributed by atoms with Crippen LogP contribution in [0.2, 0.25) is 0 Å². The molecule has 4 heteroatoms. The number of pyridine rings is 1. The van der Waals surface area contributed by atoms with Gasteiger partial charge in [-0.2, -0.15) is 0 Å². The summed E-state index contributed by atoms with van der Waals surface area (Å²) in [5.74, 6) is 0. The Morgan fingerprint density at radius 1 is 0.885 bits per heavy atom. The Morgan fingerprint density at radius 2 is 1.58 bits per heavy atom. The number of nitrogens with zero attached hydrogens (tertiary/aromatic N) is 2. The van der Waals surface area contributed by atoms with E-state index >= 15 is 0 Å². The molecule has 2 aromatic carbocycles. The van der Waals surface area contributed by atoms with Crippen LogP contribution in [0.1, 0.15) is 17.5 Å². The van der Waals surface area contributed by atoms with Crippen molar-refractivity contribution in [1.29, 1.82) is 0 Å². The Balaban J connectivity index is 1.43. The van der Waals surface area contributed by atoms with Crippen molar-refractivity contribution in [2.45, 2.75) is 24.2 Å². The molecule has 4 rings (SSSR count). The molecule has 3 nitrogen and oxygen atoms in total. The molecule has 0 aliphatic carbocycles. The van der Waals surface area contributed by atoms with Crippen LogP contribution < -0.4 is 9.62 Å². The first kappa shape index (κ1) is 17.1. The van der Waals surface area contributed by atoms with Gasteiger partial charge in [-0.15, -0.1) is 0 Å². The predicted octanol–water partition coefficient (Wildman–Crippen LogP) is 5.01. The summed E-state index contributed by atoms with van der Waals surface area (Å²) in [5.41, 5.74) is 5.61. The third kappa shape index (κ3) is 3.92. The minimum absolute atomic E-state index is 0.959. The number of anilines is 2. The highest BCUT2D eigenvalue weighted by Crippen LogP contribution is 2.35. The summed E-state index contributed by atoms with van der Waals surface area (Å²) in [7, 11) is 0. The lowest BCUT2D eigenvalue weighted by Crippen LogP contribution is -2.22. The SMILES string of the molecule is c1cncc(SNCCCN2c3ccccc3CCc3ccccc32)c1. The molecule has 26 heavy (non-hydrogen) atoms. The zero-order valence-corrected chi connectivity index (χ0v) is 15.6. The van der Waals surface area contributed by atoms with Gasteiger partial charge in [-0.25, -0.2) is 0 Å². The molecule has 0 atom stereocenters. The van der Waals surface area contributed by atoms with Crippen LogP contribution in [-0.2, 0) is 12.8 Å². The van der Waals surface area contributed by atoms with Crippen LogP contribution in [-0.4, -0.2) is 18.1 Å². The number of hydrogen-bond acceptors (Lipinski definition) is 4. The summed E-state index contributed by atoms with van der Waals surface area (Å²) in [6, 6.07) is 21.7. The normalized spacial score (nSPS) is 13.0. The number of hydrogen-bond donors (Lipinski definition) is 1. The molecule has 0 amide bonds. The van der Waals surface area contributed by atoms with Crippen molar-refractivity contribution >= 4 is 23.3 Å². The molecule has 2 heterocycles. The second-order valence-electron chi connectivity index (χ2n) is 6.45. The van der Waals surface area contributed by atoms with E-state index in [2.05, 4.69) is 69.2 Å². The van der Waals surface area contributed by atoms with Gasteiger partial charge in [-0.05, 0) is 66.6 Å². The van der Waals surface area contributed by atoms with Crippen LogP contribution in [0.25, 0.3) is 0 Å². The van der Waals surface area contributed by atoms with Crippen LogP contribution in [0.15, 0.2) is 78.0 Å². The summed E-state index contributed by atoms with van der Waals surface area (Å²) in [5, 5.41) is 0. The van der Waals surface area contributed by atoms with E-state index in [4.69, 9.17) is 0 Å². The Kier molecular flexibility index (Phi) is 5.53. The Bertz CT molecular complexity index is 803. The van der Waals surface area contributed by atoms with Gasteiger partial charge in [-0.1, -0.05) is 36.4 Å². The molecular weight excluding hydrogens is 338 g/mol. The van der Waals surface area contributed by atoms with Crippen molar-refractivity contribution in [1.82, 2.24) is 9.71 Å². The van der Waals surface area contributed by atoms with Crippen LogP contribution in [0.5, 0.6) is 0 Å². The van der Waals surface area contributed by atoms with E-state index in [1.54, 1.807) is 18.1 Å². The summed E-state index contributed by atoms with van der Waals surface area (Å²) < 4.78 is 3.45. The van der Waals surface area contributed by atoms with Crippen LogP contribution >= 0.6 is 11.9 Å². The first-order chi connectivity index (χ1) is 12.9. The summed E-state index contributed by atoms with van der Waals surface area (Å²) >= 11 is 1.65. The third-order valence-electron chi connectivity index (χ3n) is 4.71. The van der Waals surface area contributed by atoms with E-state index in [1.165, 1.54) is 22.5 Å². The fourth-order valence-corrected chi connectivity index (χ4v) is 4.14. The lowest BCUT2D eigenvalue weighted by Gasteiger charge is -2.27. The molecular formula is C22H23N3S. The second kappa shape index (κ2) is 8.39. The minimum Gasteiger partial charge on any atom is -0.341 e. The molecule has 3 aromatic rings. The molecule has 0 spiro atoms. The number of nitrogens with one attached hydrogen (secondary N) is 1. The number of benzene rings is 2. The summed E-state index contributed by atoms with van der Waals surface area (Å²) in [6.07, 6.45) is 6.99. The van der Waals surface area contributed by atoms with E-state index in [0.717, 1.165) is 37.2 Å². The largest absolute Gasteiger partial charge is 0.341 e. The molecule has 0 unspecified atom stereocenters. The third-order valence-corrected chi connectivity index (χ3v) is 5.54. The van der Waals surface area contributed by atoms with E-state index in [1.807, 2.05) is 12.3 Å².